The maximum absolute atomic E-state index is 11.7. The molecular weight excluding hydrogens is 264 g/mol. The van der Waals surface area contributed by atoms with Crippen LogP contribution in [0.25, 0.3) is 0 Å². The maximum atomic E-state index is 11.7. The molecule has 0 heterocycles. The van der Waals surface area contributed by atoms with E-state index in [0.717, 1.165) is 0 Å². The standard InChI is InChI=1S/C13H16N2O3S/c1-2-18-11(16)7-8-15-13(17)10-5-3-9(4-6-10)12(14)19/h3-6H,2,7-8H2,1H3,(H2,14,19)(H,15,17). The first-order chi connectivity index (χ1) is 9.04. The minimum atomic E-state index is -0.327. The third-order valence-corrected chi connectivity index (χ3v) is 2.59. The van der Waals surface area contributed by atoms with Gasteiger partial charge in [-0.2, -0.15) is 0 Å². The SMILES string of the molecule is CCOC(=O)CCNC(=O)c1ccc(C(N)=S)cc1. The molecule has 0 atom stereocenters. The second-order valence-corrected chi connectivity index (χ2v) is 4.19. The lowest BCUT2D eigenvalue weighted by molar-refractivity contribution is -0.142. The summed E-state index contributed by atoms with van der Waals surface area (Å²) in [5, 5.41) is 2.63. The molecule has 5 nitrogen and oxygen atoms in total. The Balaban J connectivity index is 2.45. The number of benzene rings is 1. The largest absolute Gasteiger partial charge is 0.466 e. The molecule has 0 bridgehead atoms. The second-order valence-electron chi connectivity index (χ2n) is 3.75. The molecule has 0 saturated carbocycles. The summed E-state index contributed by atoms with van der Waals surface area (Å²) >= 11 is 4.82. The number of nitrogens with one attached hydrogen (secondary N) is 1. The van der Waals surface area contributed by atoms with Crippen molar-refractivity contribution >= 4 is 29.1 Å². The zero-order chi connectivity index (χ0) is 14.3. The number of hydrogen-bond donors (Lipinski definition) is 2. The van der Waals surface area contributed by atoms with Gasteiger partial charge in [-0.1, -0.05) is 24.4 Å². The first-order valence-corrected chi connectivity index (χ1v) is 6.29. The summed E-state index contributed by atoms with van der Waals surface area (Å²) in [7, 11) is 0. The van der Waals surface area contributed by atoms with Crippen LogP contribution in [0.1, 0.15) is 29.3 Å². The molecule has 102 valence electrons. The van der Waals surface area contributed by atoms with E-state index < -0.39 is 0 Å². The first-order valence-electron chi connectivity index (χ1n) is 5.88. The van der Waals surface area contributed by atoms with E-state index in [1.165, 1.54) is 0 Å². The Hall–Kier alpha value is -1.95. The van der Waals surface area contributed by atoms with Gasteiger partial charge in [0, 0.05) is 17.7 Å². The van der Waals surface area contributed by atoms with Crippen LogP contribution >= 0.6 is 12.2 Å². The third kappa shape index (κ3) is 5.05. The number of ether oxygens (including phenoxy) is 1. The molecule has 1 aromatic rings. The van der Waals surface area contributed by atoms with Crippen molar-refractivity contribution in [3.05, 3.63) is 35.4 Å². The summed E-state index contributed by atoms with van der Waals surface area (Å²) in [4.78, 5) is 23.1. The van der Waals surface area contributed by atoms with E-state index in [9.17, 15) is 9.59 Å². The van der Waals surface area contributed by atoms with Crippen LogP contribution in [0.4, 0.5) is 0 Å². The Morgan fingerprint density at radius 1 is 1.26 bits per heavy atom. The topological polar surface area (TPSA) is 81.4 Å². The average molecular weight is 280 g/mol. The number of hydrogen-bond acceptors (Lipinski definition) is 4. The maximum Gasteiger partial charge on any atom is 0.307 e. The number of esters is 1. The molecule has 0 fully saturated rings. The highest BCUT2D eigenvalue weighted by Crippen LogP contribution is 2.04. The summed E-state index contributed by atoms with van der Waals surface area (Å²) in [6.45, 7) is 2.32. The summed E-state index contributed by atoms with van der Waals surface area (Å²) in [6.07, 6.45) is 0.157. The van der Waals surface area contributed by atoms with Gasteiger partial charge in [0.25, 0.3) is 5.91 Å². The van der Waals surface area contributed by atoms with Gasteiger partial charge < -0.3 is 15.8 Å². The van der Waals surface area contributed by atoms with E-state index in [0.29, 0.717) is 17.7 Å². The molecule has 0 saturated heterocycles. The van der Waals surface area contributed by atoms with Crippen molar-refractivity contribution in [2.45, 2.75) is 13.3 Å². The fraction of sp³-hybridized carbons (Fsp3) is 0.308. The average Bonchev–Trinajstić information content (AvgIpc) is 2.39. The van der Waals surface area contributed by atoms with E-state index in [1.54, 1.807) is 31.2 Å². The number of carbonyl (C=O) groups is 2. The molecule has 19 heavy (non-hydrogen) atoms. The number of thiocarbonyl (C=S) groups is 1. The van der Waals surface area contributed by atoms with Crippen LogP contribution < -0.4 is 11.1 Å². The molecule has 0 spiro atoms. The fourth-order valence-electron chi connectivity index (χ4n) is 1.40. The van der Waals surface area contributed by atoms with E-state index in [2.05, 4.69) is 5.32 Å². The highest BCUT2D eigenvalue weighted by atomic mass is 32.1. The number of amides is 1. The van der Waals surface area contributed by atoms with Gasteiger partial charge in [0.2, 0.25) is 0 Å². The van der Waals surface area contributed by atoms with Crippen LogP contribution in [-0.4, -0.2) is 30.0 Å². The highest BCUT2D eigenvalue weighted by molar-refractivity contribution is 7.80. The van der Waals surface area contributed by atoms with Crippen molar-refractivity contribution in [3.8, 4) is 0 Å². The zero-order valence-corrected chi connectivity index (χ0v) is 11.5. The van der Waals surface area contributed by atoms with Crippen LogP contribution in [0.3, 0.4) is 0 Å². The molecule has 6 heteroatoms. The Kier molecular flexibility index (Phi) is 5.95. The Morgan fingerprint density at radius 3 is 2.37 bits per heavy atom. The normalized spacial score (nSPS) is 9.74. The van der Waals surface area contributed by atoms with Crippen molar-refractivity contribution in [1.29, 1.82) is 0 Å². The summed E-state index contributed by atoms with van der Waals surface area (Å²) < 4.78 is 4.75. The molecule has 1 aromatic carbocycles. The van der Waals surface area contributed by atoms with Crippen LogP contribution in [0.15, 0.2) is 24.3 Å². The van der Waals surface area contributed by atoms with E-state index in [4.69, 9.17) is 22.7 Å². The predicted octanol–water partition coefficient (Wildman–Crippen LogP) is 1.00. The van der Waals surface area contributed by atoms with E-state index >= 15 is 0 Å². The van der Waals surface area contributed by atoms with Crippen LogP contribution in [-0.2, 0) is 9.53 Å². The van der Waals surface area contributed by atoms with Crippen molar-refractivity contribution in [1.82, 2.24) is 5.32 Å². The van der Waals surface area contributed by atoms with Gasteiger partial charge in [-0.25, -0.2) is 0 Å². The quantitative estimate of drug-likeness (QED) is 0.600. The smallest absolute Gasteiger partial charge is 0.307 e. The predicted molar refractivity (Wildman–Crippen MR) is 75.9 cm³/mol. The number of carbonyl (C=O) groups excluding carboxylic acids is 2. The van der Waals surface area contributed by atoms with Gasteiger partial charge in [0.15, 0.2) is 0 Å². The monoisotopic (exact) mass is 280 g/mol. The van der Waals surface area contributed by atoms with Gasteiger partial charge in [-0.05, 0) is 19.1 Å². The lowest BCUT2D eigenvalue weighted by Crippen LogP contribution is -2.26. The van der Waals surface area contributed by atoms with Gasteiger partial charge in [-0.3, -0.25) is 9.59 Å². The van der Waals surface area contributed by atoms with Crippen LogP contribution in [0, 0.1) is 0 Å². The van der Waals surface area contributed by atoms with Gasteiger partial charge in [0.05, 0.1) is 13.0 Å². The zero-order valence-electron chi connectivity index (χ0n) is 10.6. The van der Waals surface area contributed by atoms with Gasteiger partial charge in [-0.15, -0.1) is 0 Å². The molecule has 1 rings (SSSR count). The molecule has 0 aliphatic carbocycles. The van der Waals surface area contributed by atoms with Crippen molar-refractivity contribution in [2.75, 3.05) is 13.2 Å². The molecule has 0 radical (unpaired) electrons. The first kappa shape index (κ1) is 15.1. The minimum absolute atomic E-state index is 0.157. The minimum Gasteiger partial charge on any atom is -0.466 e. The molecular formula is C13H16N2O3S. The lowest BCUT2D eigenvalue weighted by atomic mass is 10.1. The van der Waals surface area contributed by atoms with Crippen molar-refractivity contribution < 1.29 is 14.3 Å². The second kappa shape index (κ2) is 7.48. The van der Waals surface area contributed by atoms with Gasteiger partial charge in [0.1, 0.15) is 4.99 Å². The van der Waals surface area contributed by atoms with E-state index in [-0.39, 0.29) is 29.8 Å². The summed E-state index contributed by atoms with van der Waals surface area (Å²) in [5.41, 5.74) is 6.66. The molecule has 0 aliphatic rings. The van der Waals surface area contributed by atoms with Crippen LogP contribution in [0.5, 0.6) is 0 Å². The molecule has 1 amide bonds. The molecule has 0 aliphatic heterocycles. The molecule has 0 unspecified atom stereocenters. The Labute approximate surface area is 117 Å². The van der Waals surface area contributed by atoms with E-state index in [1.807, 2.05) is 0 Å². The lowest BCUT2D eigenvalue weighted by Gasteiger charge is -2.06. The van der Waals surface area contributed by atoms with Gasteiger partial charge >= 0.3 is 5.97 Å². The van der Waals surface area contributed by atoms with Crippen LogP contribution in [0.2, 0.25) is 0 Å². The number of rotatable bonds is 6. The Bertz CT molecular complexity index is 471. The molecule has 3 N–H and O–H groups in total. The fourth-order valence-corrected chi connectivity index (χ4v) is 1.54. The third-order valence-electron chi connectivity index (χ3n) is 2.35. The van der Waals surface area contributed by atoms with Crippen molar-refractivity contribution in [2.24, 2.45) is 5.73 Å². The van der Waals surface area contributed by atoms with Crippen molar-refractivity contribution in [3.63, 3.8) is 0 Å². The molecule has 0 aromatic heterocycles. The Morgan fingerprint density at radius 2 is 1.84 bits per heavy atom. The highest BCUT2D eigenvalue weighted by Gasteiger charge is 2.07. The summed E-state index contributed by atoms with van der Waals surface area (Å²) in [6, 6.07) is 6.63. The summed E-state index contributed by atoms with van der Waals surface area (Å²) in [5.74, 6) is -0.578. The number of nitrogens with two attached hydrogens (primary N) is 1.